The summed E-state index contributed by atoms with van der Waals surface area (Å²) in [5, 5.41) is 10.0. The summed E-state index contributed by atoms with van der Waals surface area (Å²) in [6, 6.07) is 14.0. The number of nitrogens with one attached hydrogen (secondary N) is 1. The number of hydrogen-bond acceptors (Lipinski definition) is 4. The van der Waals surface area contributed by atoms with Gasteiger partial charge in [-0.05, 0) is 30.5 Å². The first-order chi connectivity index (χ1) is 10.7. The summed E-state index contributed by atoms with van der Waals surface area (Å²) in [6.45, 7) is 3.61. The number of benzene rings is 1. The van der Waals surface area contributed by atoms with Gasteiger partial charge in [0.25, 0.3) is 0 Å². The molecule has 22 heavy (non-hydrogen) atoms. The minimum Gasteiger partial charge on any atom is -0.439 e. The first-order valence-corrected chi connectivity index (χ1v) is 8.10. The number of aryl methyl sites for hydroxylation is 2. The highest BCUT2D eigenvalue weighted by atomic mass is 32.1. The number of thiophene rings is 1. The zero-order valence-electron chi connectivity index (χ0n) is 12.7. The van der Waals surface area contributed by atoms with E-state index in [9.17, 15) is 0 Å². The Morgan fingerprint density at radius 2 is 1.95 bits per heavy atom. The molecule has 1 N–H and O–H groups in total. The number of para-hydroxylation sites is 1. The van der Waals surface area contributed by atoms with E-state index in [2.05, 4.69) is 27.9 Å². The second-order valence-corrected chi connectivity index (χ2v) is 6.12. The molecule has 2 heterocycles. The Morgan fingerprint density at radius 1 is 1.14 bits per heavy atom. The molecule has 4 nitrogen and oxygen atoms in total. The predicted molar refractivity (Wildman–Crippen MR) is 89.3 cm³/mol. The van der Waals surface area contributed by atoms with Crippen LogP contribution in [0.3, 0.4) is 0 Å². The van der Waals surface area contributed by atoms with Crippen molar-refractivity contribution in [3.63, 3.8) is 0 Å². The van der Waals surface area contributed by atoms with E-state index in [-0.39, 0.29) is 0 Å². The highest BCUT2D eigenvalue weighted by Crippen LogP contribution is 2.27. The first-order valence-electron chi connectivity index (χ1n) is 7.22. The standard InChI is InChI=1S/C17H19N3OS/c1-13-16(12-18-11-15-9-6-10-22-15)17(20(2)19-13)21-14-7-4-3-5-8-14/h3-10,18H,11-12H2,1-2H3. The van der Waals surface area contributed by atoms with Gasteiger partial charge in [0, 0.05) is 25.0 Å². The number of ether oxygens (including phenoxy) is 1. The lowest BCUT2D eigenvalue weighted by molar-refractivity contribution is 0.424. The summed E-state index contributed by atoms with van der Waals surface area (Å²) in [5.41, 5.74) is 2.09. The van der Waals surface area contributed by atoms with E-state index in [1.165, 1.54) is 4.88 Å². The van der Waals surface area contributed by atoms with Crippen LogP contribution in [0.15, 0.2) is 47.8 Å². The fourth-order valence-electron chi connectivity index (χ4n) is 2.34. The average Bonchev–Trinajstić information content (AvgIpc) is 3.12. The third kappa shape index (κ3) is 3.37. The molecule has 0 amide bonds. The van der Waals surface area contributed by atoms with Crippen LogP contribution in [-0.4, -0.2) is 9.78 Å². The monoisotopic (exact) mass is 313 g/mol. The zero-order chi connectivity index (χ0) is 15.4. The molecule has 0 unspecified atom stereocenters. The molecule has 0 spiro atoms. The number of hydrogen-bond donors (Lipinski definition) is 1. The van der Waals surface area contributed by atoms with Gasteiger partial charge in [0.15, 0.2) is 0 Å². The van der Waals surface area contributed by atoms with Crippen molar-refractivity contribution in [2.45, 2.75) is 20.0 Å². The summed E-state index contributed by atoms with van der Waals surface area (Å²) < 4.78 is 7.81. The summed E-state index contributed by atoms with van der Waals surface area (Å²) in [6.07, 6.45) is 0. The Labute approximate surface area is 134 Å². The van der Waals surface area contributed by atoms with Gasteiger partial charge in [-0.25, -0.2) is 4.68 Å². The van der Waals surface area contributed by atoms with Gasteiger partial charge >= 0.3 is 0 Å². The maximum Gasteiger partial charge on any atom is 0.222 e. The highest BCUT2D eigenvalue weighted by molar-refractivity contribution is 7.09. The number of rotatable bonds is 6. The fraction of sp³-hybridized carbons (Fsp3) is 0.235. The lowest BCUT2D eigenvalue weighted by atomic mass is 10.2. The molecule has 2 aromatic heterocycles. The Hall–Kier alpha value is -2.11. The van der Waals surface area contributed by atoms with Crippen molar-refractivity contribution in [1.82, 2.24) is 15.1 Å². The Bertz CT molecular complexity index is 720. The summed E-state index contributed by atoms with van der Waals surface area (Å²) in [7, 11) is 1.91. The molecule has 0 aliphatic heterocycles. The molecule has 0 bridgehead atoms. The van der Waals surface area contributed by atoms with Crippen LogP contribution in [0.25, 0.3) is 0 Å². The highest BCUT2D eigenvalue weighted by Gasteiger charge is 2.15. The van der Waals surface area contributed by atoms with Crippen molar-refractivity contribution in [3.05, 3.63) is 64.0 Å². The molecule has 0 saturated carbocycles. The third-order valence-corrected chi connectivity index (χ3v) is 4.30. The van der Waals surface area contributed by atoms with E-state index >= 15 is 0 Å². The zero-order valence-corrected chi connectivity index (χ0v) is 13.6. The number of aromatic nitrogens is 2. The quantitative estimate of drug-likeness (QED) is 0.751. The second kappa shape index (κ2) is 6.77. The second-order valence-electron chi connectivity index (χ2n) is 5.09. The lowest BCUT2D eigenvalue weighted by Gasteiger charge is -2.09. The van der Waals surface area contributed by atoms with Gasteiger partial charge in [-0.3, -0.25) is 0 Å². The van der Waals surface area contributed by atoms with Crippen molar-refractivity contribution in [2.24, 2.45) is 7.05 Å². The summed E-state index contributed by atoms with van der Waals surface area (Å²) in [4.78, 5) is 1.33. The molecule has 114 valence electrons. The fourth-order valence-corrected chi connectivity index (χ4v) is 3.01. The molecule has 0 radical (unpaired) electrons. The van der Waals surface area contributed by atoms with Crippen molar-refractivity contribution in [2.75, 3.05) is 0 Å². The maximum absolute atomic E-state index is 6.01. The molecule has 0 aliphatic carbocycles. The van der Waals surface area contributed by atoms with Crippen LogP contribution in [0.1, 0.15) is 16.1 Å². The van der Waals surface area contributed by atoms with Gasteiger partial charge in [0.1, 0.15) is 5.75 Å². The van der Waals surface area contributed by atoms with Crippen molar-refractivity contribution in [3.8, 4) is 11.6 Å². The van der Waals surface area contributed by atoms with Gasteiger partial charge in [-0.15, -0.1) is 11.3 Å². The van der Waals surface area contributed by atoms with Crippen LogP contribution in [-0.2, 0) is 20.1 Å². The molecule has 0 fully saturated rings. The molecule has 0 saturated heterocycles. The normalized spacial score (nSPS) is 10.8. The average molecular weight is 313 g/mol. The SMILES string of the molecule is Cc1nn(C)c(Oc2ccccc2)c1CNCc1cccs1. The van der Waals surface area contributed by atoms with Gasteiger partial charge in [-0.2, -0.15) is 5.10 Å². The minimum atomic E-state index is 0.736. The smallest absolute Gasteiger partial charge is 0.222 e. The van der Waals surface area contributed by atoms with Crippen LogP contribution in [0.5, 0.6) is 11.6 Å². The lowest BCUT2D eigenvalue weighted by Crippen LogP contribution is -2.12. The summed E-state index contributed by atoms with van der Waals surface area (Å²) in [5.74, 6) is 1.62. The first kappa shape index (κ1) is 14.8. The molecule has 1 aromatic carbocycles. The van der Waals surface area contributed by atoms with Crippen LogP contribution in [0.4, 0.5) is 0 Å². The molecule has 0 atom stereocenters. The topological polar surface area (TPSA) is 39.1 Å². The van der Waals surface area contributed by atoms with E-state index in [1.807, 2.05) is 44.3 Å². The Balaban J connectivity index is 1.72. The van der Waals surface area contributed by atoms with E-state index < -0.39 is 0 Å². The molecule has 3 rings (SSSR count). The van der Waals surface area contributed by atoms with Gasteiger partial charge in [0.05, 0.1) is 11.3 Å². The molecule has 3 aromatic rings. The van der Waals surface area contributed by atoms with Crippen LogP contribution in [0.2, 0.25) is 0 Å². The van der Waals surface area contributed by atoms with Crippen LogP contribution < -0.4 is 10.1 Å². The van der Waals surface area contributed by atoms with Crippen LogP contribution in [0, 0.1) is 6.92 Å². The van der Waals surface area contributed by atoms with E-state index in [0.29, 0.717) is 0 Å². The van der Waals surface area contributed by atoms with Crippen molar-refractivity contribution < 1.29 is 4.74 Å². The molecule has 5 heteroatoms. The number of nitrogens with zero attached hydrogens (tertiary/aromatic N) is 2. The van der Waals surface area contributed by atoms with Crippen molar-refractivity contribution in [1.29, 1.82) is 0 Å². The molecule has 0 aliphatic rings. The van der Waals surface area contributed by atoms with Gasteiger partial charge < -0.3 is 10.1 Å². The minimum absolute atomic E-state index is 0.736. The Morgan fingerprint density at radius 3 is 2.68 bits per heavy atom. The van der Waals surface area contributed by atoms with E-state index in [0.717, 1.165) is 36.0 Å². The largest absolute Gasteiger partial charge is 0.439 e. The molecular weight excluding hydrogens is 294 g/mol. The van der Waals surface area contributed by atoms with Gasteiger partial charge in [0.2, 0.25) is 5.88 Å². The van der Waals surface area contributed by atoms with Crippen molar-refractivity contribution >= 4 is 11.3 Å². The maximum atomic E-state index is 6.01. The van der Waals surface area contributed by atoms with E-state index in [4.69, 9.17) is 4.74 Å². The summed E-state index contributed by atoms with van der Waals surface area (Å²) >= 11 is 1.76. The predicted octanol–water partition coefficient (Wildman–Crippen LogP) is 3.87. The molecular formula is C17H19N3OS. The van der Waals surface area contributed by atoms with E-state index in [1.54, 1.807) is 16.0 Å². The van der Waals surface area contributed by atoms with Gasteiger partial charge in [-0.1, -0.05) is 24.3 Å². The Kier molecular flexibility index (Phi) is 4.56. The third-order valence-electron chi connectivity index (χ3n) is 3.43. The van der Waals surface area contributed by atoms with Crippen LogP contribution >= 0.6 is 11.3 Å².